The van der Waals surface area contributed by atoms with Gasteiger partial charge in [0.25, 0.3) is 0 Å². The summed E-state index contributed by atoms with van der Waals surface area (Å²) in [6.07, 6.45) is 2.65. The van der Waals surface area contributed by atoms with E-state index >= 15 is 0 Å². The lowest BCUT2D eigenvalue weighted by Crippen LogP contribution is -2.48. The first-order valence-corrected chi connectivity index (χ1v) is 8.48. The summed E-state index contributed by atoms with van der Waals surface area (Å²) in [6, 6.07) is 4.69. The minimum Gasteiger partial charge on any atom is -0.351 e. The zero-order valence-electron chi connectivity index (χ0n) is 12.9. The average Bonchev–Trinajstić information content (AvgIpc) is 2.38. The van der Waals surface area contributed by atoms with Crippen LogP contribution < -0.4 is 9.62 Å². The molecule has 5 nitrogen and oxygen atoms in total. The molecule has 1 atom stereocenters. The zero-order chi connectivity index (χ0) is 16.2. The highest BCUT2D eigenvalue weighted by Crippen LogP contribution is 2.26. The molecule has 0 saturated carbocycles. The predicted molar refractivity (Wildman–Crippen MR) is 85.9 cm³/mol. The Kier molecular flexibility index (Phi) is 5.54. The van der Waals surface area contributed by atoms with Crippen molar-refractivity contribution in [3.05, 3.63) is 42.0 Å². The summed E-state index contributed by atoms with van der Waals surface area (Å²) in [5.41, 5.74) is 2.26. The standard InChI is InChI=1S/C15H22N2O3S/c1-6-9-16-15(18)13(4)17(21(5,19)20)14-10-11(2)7-8-12(14)3/h6-8,10,13H,1,9H2,2-5H3,(H,16,18)/t13-/m1/s1. The topological polar surface area (TPSA) is 66.5 Å². The van der Waals surface area contributed by atoms with Crippen molar-refractivity contribution >= 4 is 21.6 Å². The molecule has 0 fully saturated rings. The largest absolute Gasteiger partial charge is 0.351 e. The summed E-state index contributed by atoms with van der Waals surface area (Å²) in [5, 5.41) is 2.63. The van der Waals surface area contributed by atoms with Crippen molar-refractivity contribution in [3.63, 3.8) is 0 Å². The minimum atomic E-state index is -3.58. The van der Waals surface area contributed by atoms with Gasteiger partial charge in [0.05, 0.1) is 11.9 Å². The van der Waals surface area contributed by atoms with Crippen LogP contribution >= 0.6 is 0 Å². The molecule has 0 radical (unpaired) electrons. The summed E-state index contributed by atoms with van der Waals surface area (Å²) >= 11 is 0. The van der Waals surface area contributed by atoms with Crippen molar-refractivity contribution in [1.29, 1.82) is 0 Å². The van der Waals surface area contributed by atoms with Gasteiger partial charge in [-0.3, -0.25) is 9.10 Å². The maximum atomic E-state index is 12.1. The molecule has 0 spiro atoms. The lowest BCUT2D eigenvalue weighted by Gasteiger charge is -2.29. The lowest BCUT2D eigenvalue weighted by molar-refractivity contribution is -0.121. The first-order valence-electron chi connectivity index (χ1n) is 6.63. The number of nitrogens with zero attached hydrogens (tertiary/aromatic N) is 1. The van der Waals surface area contributed by atoms with E-state index in [2.05, 4.69) is 11.9 Å². The SMILES string of the molecule is C=CCNC(=O)[C@@H](C)N(c1cc(C)ccc1C)S(C)(=O)=O. The first kappa shape index (κ1) is 17.2. The molecule has 1 N–H and O–H groups in total. The number of carbonyl (C=O) groups excluding carboxylic acids is 1. The summed E-state index contributed by atoms with van der Waals surface area (Å²) in [5.74, 6) is -0.360. The molecule has 0 aliphatic carbocycles. The maximum Gasteiger partial charge on any atom is 0.243 e. The van der Waals surface area contributed by atoms with Gasteiger partial charge in [0, 0.05) is 6.54 Å². The Morgan fingerprint density at radius 2 is 2.05 bits per heavy atom. The van der Waals surface area contributed by atoms with Gasteiger partial charge in [0.1, 0.15) is 6.04 Å². The van der Waals surface area contributed by atoms with Gasteiger partial charge in [-0.15, -0.1) is 6.58 Å². The Hall–Kier alpha value is -1.82. The van der Waals surface area contributed by atoms with Crippen molar-refractivity contribution in [2.24, 2.45) is 0 Å². The van der Waals surface area contributed by atoms with E-state index in [9.17, 15) is 13.2 Å². The second kappa shape index (κ2) is 6.76. The van der Waals surface area contributed by atoms with E-state index in [1.54, 1.807) is 19.1 Å². The van der Waals surface area contributed by atoms with E-state index in [-0.39, 0.29) is 5.91 Å². The molecule has 1 amide bonds. The number of hydrogen-bond acceptors (Lipinski definition) is 3. The molecule has 1 rings (SSSR count). The number of amides is 1. The van der Waals surface area contributed by atoms with E-state index in [0.29, 0.717) is 12.2 Å². The Bertz CT molecular complexity index is 638. The fraction of sp³-hybridized carbons (Fsp3) is 0.400. The number of nitrogens with one attached hydrogen (secondary N) is 1. The van der Waals surface area contributed by atoms with E-state index in [1.807, 2.05) is 26.0 Å². The van der Waals surface area contributed by atoms with E-state index in [1.165, 1.54) is 0 Å². The van der Waals surface area contributed by atoms with Crippen LogP contribution in [0.5, 0.6) is 0 Å². The van der Waals surface area contributed by atoms with Gasteiger partial charge in [-0.25, -0.2) is 8.42 Å². The highest BCUT2D eigenvalue weighted by atomic mass is 32.2. The minimum absolute atomic E-state index is 0.299. The molecular weight excluding hydrogens is 288 g/mol. The van der Waals surface area contributed by atoms with Crippen LogP contribution in [0.4, 0.5) is 5.69 Å². The van der Waals surface area contributed by atoms with Gasteiger partial charge in [0.15, 0.2) is 0 Å². The third-order valence-corrected chi connectivity index (χ3v) is 4.34. The lowest BCUT2D eigenvalue weighted by atomic mass is 10.1. The Balaban J connectivity index is 3.27. The van der Waals surface area contributed by atoms with Gasteiger partial charge < -0.3 is 5.32 Å². The van der Waals surface area contributed by atoms with Crippen LogP contribution in [0.3, 0.4) is 0 Å². The van der Waals surface area contributed by atoms with Gasteiger partial charge in [-0.1, -0.05) is 18.2 Å². The number of rotatable bonds is 6. The molecule has 116 valence electrons. The van der Waals surface area contributed by atoms with E-state index in [4.69, 9.17) is 0 Å². The fourth-order valence-corrected chi connectivity index (χ4v) is 3.28. The monoisotopic (exact) mass is 310 g/mol. The smallest absolute Gasteiger partial charge is 0.243 e. The van der Waals surface area contributed by atoms with E-state index < -0.39 is 16.1 Å². The highest BCUT2D eigenvalue weighted by Gasteiger charge is 2.29. The molecule has 0 unspecified atom stereocenters. The number of aryl methyl sites for hydroxylation is 2. The molecule has 6 heteroatoms. The third-order valence-electron chi connectivity index (χ3n) is 3.11. The van der Waals surface area contributed by atoms with Gasteiger partial charge in [0.2, 0.25) is 15.9 Å². The Morgan fingerprint density at radius 3 is 2.57 bits per heavy atom. The third kappa shape index (κ3) is 4.32. The summed E-state index contributed by atoms with van der Waals surface area (Å²) in [6.45, 7) is 9.09. The summed E-state index contributed by atoms with van der Waals surface area (Å²) < 4.78 is 25.4. The first-order chi connectivity index (χ1) is 9.68. The van der Waals surface area contributed by atoms with Crippen molar-refractivity contribution in [1.82, 2.24) is 5.32 Å². The van der Waals surface area contributed by atoms with Gasteiger partial charge in [-0.05, 0) is 38.0 Å². The molecule has 1 aromatic rings. The number of carbonyl (C=O) groups is 1. The average molecular weight is 310 g/mol. The molecule has 0 bridgehead atoms. The van der Waals surface area contributed by atoms with Crippen LogP contribution in [0, 0.1) is 13.8 Å². The number of benzene rings is 1. The molecule has 0 aromatic heterocycles. The quantitative estimate of drug-likeness (QED) is 0.814. The van der Waals surface area contributed by atoms with E-state index in [0.717, 1.165) is 21.7 Å². The van der Waals surface area contributed by atoms with Crippen LogP contribution in [0.2, 0.25) is 0 Å². The molecule has 1 aromatic carbocycles. The second-order valence-corrected chi connectivity index (χ2v) is 6.92. The van der Waals surface area contributed by atoms with Crippen molar-refractivity contribution in [3.8, 4) is 0 Å². The van der Waals surface area contributed by atoms with Crippen molar-refractivity contribution < 1.29 is 13.2 Å². The summed E-state index contributed by atoms with van der Waals surface area (Å²) in [7, 11) is -3.58. The molecule has 0 saturated heterocycles. The molecule has 0 aliphatic rings. The van der Waals surface area contributed by atoms with Crippen LogP contribution in [-0.4, -0.2) is 33.2 Å². The van der Waals surface area contributed by atoms with Crippen LogP contribution in [0.1, 0.15) is 18.1 Å². The molecular formula is C15H22N2O3S. The van der Waals surface area contributed by atoms with Crippen molar-refractivity contribution in [2.75, 3.05) is 17.1 Å². The normalized spacial score (nSPS) is 12.6. The predicted octanol–water partition coefficient (Wildman–Crippen LogP) is 1.76. The van der Waals surface area contributed by atoms with Crippen LogP contribution in [0.25, 0.3) is 0 Å². The number of anilines is 1. The summed E-state index contributed by atoms with van der Waals surface area (Å²) in [4.78, 5) is 12.1. The second-order valence-electron chi connectivity index (χ2n) is 5.06. The molecule has 21 heavy (non-hydrogen) atoms. The molecule has 0 heterocycles. The Morgan fingerprint density at radius 1 is 1.43 bits per heavy atom. The Labute approximate surface area is 126 Å². The van der Waals surface area contributed by atoms with Crippen molar-refractivity contribution in [2.45, 2.75) is 26.8 Å². The maximum absolute atomic E-state index is 12.1. The number of sulfonamides is 1. The van der Waals surface area contributed by atoms with Crippen LogP contribution in [-0.2, 0) is 14.8 Å². The van der Waals surface area contributed by atoms with Crippen LogP contribution in [0.15, 0.2) is 30.9 Å². The highest BCUT2D eigenvalue weighted by molar-refractivity contribution is 7.92. The van der Waals surface area contributed by atoms with Gasteiger partial charge in [-0.2, -0.15) is 0 Å². The van der Waals surface area contributed by atoms with Gasteiger partial charge >= 0.3 is 0 Å². The zero-order valence-corrected chi connectivity index (χ0v) is 13.7. The fourth-order valence-electron chi connectivity index (χ4n) is 2.06. The molecule has 0 aliphatic heterocycles. The number of hydrogen-bond donors (Lipinski definition) is 1.